The lowest BCUT2D eigenvalue weighted by atomic mass is 9.88. The molecule has 0 saturated carbocycles. The van der Waals surface area contributed by atoms with Crippen LogP contribution >= 0.6 is 0 Å². The number of fused-ring (bicyclic) bond motifs is 1. The van der Waals surface area contributed by atoms with Gasteiger partial charge in [-0.1, -0.05) is 128 Å². The van der Waals surface area contributed by atoms with Gasteiger partial charge in [0.05, 0.1) is 17.9 Å². The Hall–Kier alpha value is -5.61. The second-order valence-electron chi connectivity index (χ2n) is 13.3. The van der Waals surface area contributed by atoms with Crippen molar-refractivity contribution >= 4 is 28.5 Å². The molecule has 52 heavy (non-hydrogen) atoms. The zero-order valence-corrected chi connectivity index (χ0v) is 31.8. The molecule has 2 N–H and O–H groups in total. The number of nitrogens with zero attached hydrogens (tertiary/aromatic N) is 3. The Morgan fingerprint density at radius 3 is 2.29 bits per heavy atom. The van der Waals surface area contributed by atoms with Gasteiger partial charge in [-0.05, 0) is 111 Å². The maximum Gasteiger partial charge on any atom is 0.126 e. The fraction of sp³-hybridized carbons (Fsp3) is 0.229. The van der Waals surface area contributed by atoms with Crippen molar-refractivity contribution in [1.29, 1.82) is 0 Å². The third kappa shape index (κ3) is 12.3. The lowest BCUT2D eigenvalue weighted by Gasteiger charge is -2.17. The van der Waals surface area contributed by atoms with Crippen molar-refractivity contribution in [3.8, 4) is 0 Å². The van der Waals surface area contributed by atoms with E-state index in [0.29, 0.717) is 12.4 Å². The highest BCUT2D eigenvalue weighted by Crippen LogP contribution is 2.23. The number of nitrogens with two attached hydrogens (primary N) is 1. The van der Waals surface area contributed by atoms with Gasteiger partial charge in [-0.25, -0.2) is 4.99 Å². The third-order valence-electron chi connectivity index (χ3n) is 9.32. The van der Waals surface area contributed by atoms with Gasteiger partial charge >= 0.3 is 0 Å². The molecule has 1 aliphatic heterocycles. The first-order chi connectivity index (χ1) is 25.1. The Kier molecular flexibility index (Phi) is 15.3. The highest BCUT2D eigenvalue weighted by molar-refractivity contribution is 5.99. The highest BCUT2D eigenvalue weighted by Gasteiger charge is 2.12. The van der Waals surface area contributed by atoms with Crippen molar-refractivity contribution < 1.29 is 0 Å². The summed E-state index contributed by atoms with van der Waals surface area (Å²) in [6, 6.07) is 15.0. The topological polar surface area (TPSA) is 63.1 Å². The molecule has 2 aliphatic rings. The van der Waals surface area contributed by atoms with Gasteiger partial charge in [0.2, 0.25) is 0 Å². The maximum atomic E-state index is 6.62. The van der Waals surface area contributed by atoms with E-state index in [2.05, 4.69) is 168 Å². The summed E-state index contributed by atoms with van der Waals surface area (Å²) >= 11 is 0. The number of hydrogen-bond donors (Lipinski definition) is 1. The third-order valence-corrected chi connectivity index (χ3v) is 9.32. The zero-order chi connectivity index (χ0) is 37.3. The molecule has 4 rings (SSSR count). The van der Waals surface area contributed by atoms with E-state index in [1.54, 1.807) is 0 Å². The van der Waals surface area contributed by atoms with Crippen molar-refractivity contribution in [2.45, 2.75) is 54.4 Å². The zero-order valence-electron chi connectivity index (χ0n) is 31.8. The molecule has 0 radical (unpaired) electrons. The Labute approximate surface area is 312 Å². The number of rotatable bonds is 12. The first kappa shape index (κ1) is 39.2. The predicted octanol–water partition coefficient (Wildman–Crippen LogP) is 11.8. The minimum Gasteiger partial charge on any atom is -0.383 e. The van der Waals surface area contributed by atoms with Gasteiger partial charge < -0.3 is 5.73 Å². The Bertz CT molecular complexity index is 2040. The number of allylic oxidation sites excluding steroid dienone is 20. The highest BCUT2D eigenvalue weighted by atomic mass is 14.9. The molecule has 2 aromatic rings. The molecule has 2 unspecified atom stereocenters. The van der Waals surface area contributed by atoms with Crippen LogP contribution in [0, 0.1) is 11.8 Å². The molecule has 4 nitrogen and oxygen atoms in total. The van der Waals surface area contributed by atoms with Crippen LogP contribution in [0.4, 0.5) is 0 Å². The van der Waals surface area contributed by atoms with E-state index < -0.39 is 0 Å². The second kappa shape index (κ2) is 20.3. The van der Waals surface area contributed by atoms with Gasteiger partial charge in [0, 0.05) is 23.8 Å². The molecule has 266 valence electrons. The molecule has 0 aromatic heterocycles. The summed E-state index contributed by atoms with van der Waals surface area (Å²) < 4.78 is 0. The van der Waals surface area contributed by atoms with E-state index in [9.17, 15) is 0 Å². The average molecular weight is 687 g/mol. The molecule has 2 aromatic carbocycles. The molecule has 0 amide bonds. The van der Waals surface area contributed by atoms with E-state index >= 15 is 0 Å². The van der Waals surface area contributed by atoms with Crippen LogP contribution in [0.25, 0.3) is 10.8 Å². The van der Waals surface area contributed by atoms with Crippen LogP contribution in [0.1, 0.15) is 53.5 Å². The molecule has 1 aliphatic carbocycles. The van der Waals surface area contributed by atoms with Crippen molar-refractivity contribution in [3.63, 3.8) is 0 Å². The smallest absolute Gasteiger partial charge is 0.126 e. The van der Waals surface area contributed by atoms with E-state index in [4.69, 9.17) is 15.7 Å². The number of benzene rings is 2. The molecule has 0 saturated heterocycles. The van der Waals surface area contributed by atoms with Gasteiger partial charge in [0.25, 0.3) is 0 Å². The van der Waals surface area contributed by atoms with Gasteiger partial charge in [-0.3, -0.25) is 9.98 Å². The maximum absolute atomic E-state index is 6.62. The van der Waals surface area contributed by atoms with Gasteiger partial charge in [-0.2, -0.15) is 0 Å². The largest absolute Gasteiger partial charge is 0.383 e. The summed E-state index contributed by atoms with van der Waals surface area (Å²) in [7, 11) is 0. The molecule has 4 heteroatoms. The predicted molar refractivity (Wildman–Crippen MR) is 229 cm³/mol. The average Bonchev–Trinajstić information content (AvgIpc) is 3.16. The lowest BCUT2D eigenvalue weighted by Crippen LogP contribution is -2.13. The molecular formula is C48H54N4. The summed E-state index contributed by atoms with van der Waals surface area (Å²) in [5.41, 5.74) is 16.1. The molecule has 0 spiro atoms. The van der Waals surface area contributed by atoms with Gasteiger partial charge in [0.15, 0.2) is 0 Å². The monoisotopic (exact) mass is 686 g/mol. The van der Waals surface area contributed by atoms with Crippen LogP contribution in [0.2, 0.25) is 0 Å². The van der Waals surface area contributed by atoms with Crippen LogP contribution < -0.4 is 5.73 Å². The number of aliphatic imine (C=N–C) groups is 3. The molecule has 0 fully saturated rings. The van der Waals surface area contributed by atoms with Crippen LogP contribution in [0.15, 0.2) is 200 Å². The summed E-state index contributed by atoms with van der Waals surface area (Å²) in [6.07, 6.45) is 37.2. The normalized spacial score (nSPS) is 22.7. The first-order valence-corrected chi connectivity index (χ1v) is 18.1. The fourth-order valence-corrected chi connectivity index (χ4v) is 5.51. The second-order valence-corrected chi connectivity index (χ2v) is 13.3. The Balaban J connectivity index is 1.52. The van der Waals surface area contributed by atoms with Crippen LogP contribution in [-0.4, -0.2) is 24.3 Å². The SMILES string of the molecule is C=CC1C=CC=CC1/C=C/C(=C/Cc1ccc2ccccc2c1)/N=C(N)/C(C)=C/C=C(C)/C(C)=C/C=C(C)/C(C)=N\C1=C(C)\C=C/C/C=C\C=NC1. The first-order valence-electron chi connectivity index (χ1n) is 18.1. The molecular weight excluding hydrogens is 633 g/mol. The van der Waals surface area contributed by atoms with Crippen molar-refractivity contribution in [1.82, 2.24) is 0 Å². The fourth-order valence-electron chi connectivity index (χ4n) is 5.51. The number of hydrogen-bond acceptors (Lipinski definition) is 3. The Morgan fingerprint density at radius 1 is 0.846 bits per heavy atom. The quantitative estimate of drug-likeness (QED) is 0.103. The Morgan fingerprint density at radius 2 is 1.54 bits per heavy atom. The van der Waals surface area contributed by atoms with E-state index in [-0.39, 0.29) is 11.8 Å². The summed E-state index contributed by atoms with van der Waals surface area (Å²) in [5.74, 6) is 0.952. The van der Waals surface area contributed by atoms with E-state index in [1.807, 2.05) is 31.4 Å². The van der Waals surface area contributed by atoms with E-state index in [0.717, 1.165) is 57.8 Å². The summed E-state index contributed by atoms with van der Waals surface area (Å²) in [5, 5.41) is 2.47. The standard InChI is InChI=1S/C48H54N4/c1-8-42-18-12-13-19-43(42)29-31-46(30-27-41-26-28-44-20-14-15-21-45(44)33-41)52-48(49)39(6)25-23-36(3)35(2)22-24-37(4)40(7)51-47-34-50-32-16-10-9-11-17-38(47)5/h8,10-26,28-33,42-43H,1,9,27,34H2,2-7H3,(H2,49,52)/b16-10-,17-11-,31-29+,35-22+,36-23+,37-24+,39-25+,46-30-,47-38+,50-32?,51-40-. The van der Waals surface area contributed by atoms with Crippen molar-refractivity contribution in [2.75, 3.05) is 6.54 Å². The van der Waals surface area contributed by atoms with Gasteiger partial charge in [-0.15, -0.1) is 6.58 Å². The van der Waals surface area contributed by atoms with E-state index in [1.165, 1.54) is 16.3 Å². The molecule has 0 bridgehead atoms. The summed E-state index contributed by atoms with van der Waals surface area (Å²) in [6.45, 7) is 17.1. The van der Waals surface area contributed by atoms with Crippen LogP contribution in [-0.2, 0) is 6.42 Å². The minimum absolute atomic E-state index is 0.216. The van der Waals surface area contributed by atoms with Crippen molar-refractivity contribution in [3.05, 3.63) is 191 Å². The minimum atomic E-state index is 0.216. The van der Waals surface area contributed by atoms with Crippen LogP contribution in [0.5, 0.6) is 0 Å². The molecule has 2 atom stereocenters. The molecule has 1 heterocycles. The van der Waals surface area contributed by atoms with Gasteiger partial charge in [0.1, 0.15) is 5.84 Å². The number of amidine groups is 1. The summed E-state index contributed by atoms with van der Waals surface area (Å²) in [4.78, 5) is 14.4. The van der Waals surface area contributed by atoms with Crippen LogP contribution in [0.3, 0.4) is 0 Å². The lowest BCUT2D eigenvalue weighted by molar-refractivity contribution is 0.668. The van der Waals surface area contributed by atoms with Crippen molar-refractivity contribution in [2.24, 2.45) is 32.5 Å².